The molecule has 0 bridgehead atoms. The average molecular weight is 1300 g/mol. The lowest BCUT2D eigenvalue weighted by atomic mass is 9.79. The number of nitrogens with zero attached hydrogens (tertiary/aromatic N) is 2. The van der Waals surface area contributed by atoms with Crippen LogP contribution in [0.3, 0.4) is 0 Å². The van der Waals surface area contributed by atoms with Gasteiger partial charge in [0.25, 0.3) is 0 Å². The number of hydrogen-bond acceptors (Lipinski definition) is 0. The van der Waals surface area contributed by atoms with E-state index in [-0.39, 0.29) is 10.8 Å². The third-order valence-corrected chi connectivity index (χ3v) is 23.2. The van der Waals surface area contributed by atoms with Gasteiger partial charge in [-0.3, -0.25) is 0 Å². The van der Waals surface area contributed by atoms with Crippen molar-refractivity contribution in [3.8, 4) is 101 Å². The summed E-state index contributed by atoms with van der Waals surface area (Å²) in [4.78, 5) is 0. The molecule has 21 rings (SSSR count). The van der Waals surface area contributed by atoms with E-state index in [9.17, 15) is 0 Å². The lowest BCUT2D eigenvalue weighted by molar-refractivity contribution is 0.660. The second-order valence-corrected chi connectivity index (χ2v) is 29.3. The average Bonchev–Trinajstić information content (AvgIpc) is 1.44. The highest BCUT2D eigenvalue weighted by Crippen LogP contribution is 2.57. The summed E-state index contributed by atoms with van der Waals surface area (Å²) in [5.74, 6) is 0. The van der Waals surface area contributed by atoms with Crippen LogP contribution in [0.15, 0.2) is 340 Å². The number of aromatic nitrogens is 2. The van der Waals surface area contributed by atoms with Crippen molar-refractivity contribution in [1.29, 1.82) is 0 Å². The van der Waals surface area contributed by atoms with E-state index in [1.54, 1.807) is 0 Å². The van der Waals surface area contributed by atoms with Crippen LogP contribution in [0, 0.1) is 0 Å². The summed E-state index contributed by atoms with van der Waals surface area (Å²) in [6.45, 7) is 9.70. The quantitative estimate of drug-likeness (QED) is 0.106. The summed E-state index contributed by atoms with van der Waals surface area (Å²) in [7, 11) is 0. The monoisotopic (exact) mass is 1300 g/mol. The van der Waals surface area contributed by atoms with Crippen LogP contribution in [0.2, 0.25) is 0 Å². The Balaban J connectivity index is 1.02. The molecule has 0 aliphatic heterocycles. The van der Waals surface area contributed by atoms with Crippen LogP contribution < -0.4 is 0 Å². The highest BCUT2D eigenvalue weighted by molar-refractivity contribution is 6.29. The molecule has 17 aromatic carbocycles. The molecule has 2 heterocycles. The smallest absolute Gasteiger partial charge is 0.0619 e. The lowest BCUT2D eigenvalue weighted by Gasteiger charge is -2.24. The third kappa shape index (κ3) is 8.35. The van der Waals surface area contributed by atoms with Gasteiger partial charge in [-0.25, -0.2) is 0 Å². The van der Waals surface area contributed by atoms with Crippen LogP contribution in [0.25, 0.3) is 187 Å². The van der Waals surface area contributed by atoms with E-state index >= 15 is 0 Å². The summed E-state index contributed by atoms with van der Waals surface area (Å²) in [6.07, 6.45) is 0. The van der Waals surface area contributed by atoms with Gasteiger partial charge in [-0.1, -0.05) is 319 Å². The van der Waals surface area contributed by atoms with Crippen LogP contribution in [-0.2, 0) is 10.8 Å². The molecule has 2 aliphatic rings. The molecular formula is C100H68N2. The molecule has 2 aliphatic carbocycles. The van der Waals surface area contributed by atoms with Crippen molar-refractivity contribution >= 4 is 86.4 Å². The van der Waals surface area contributed by atoms with E-state index in [0.29, 0.717) is 0 Å². The molecule has 0 unspecified atom stereocenters. The van der Waals surface area contributed by atoms with Gasteiger partial charge in [-0.05, 0) is 191 Å². The van der Waals surface area contributed by atoms with Crippen LogP contribution in [0.4, 0.5) is 0 Å². The Kier molecular flexibility index (Phi) is 12.6. The fraction of sp³-hybridized carbons (Fsp3) is 0.0600. The van der Waals surface area contributed by atoms with Gasteiger partial charge in [-0.2, -0.15) is 0 Å². The van der Waals surface area contributed by atoms with Crippen LogP contribution in [0.1, 0.15) is 49.9 Å². The van der Waals surface area contributed by atoms with Gasteiger partial charge >= 0.3 is 0 Å². The largest absolute Gasteiger partial charge is 0.308 e. The first-order valence-corrected chi connectivity index (χ1v) is 35.9. The fourth-order valence-electron chi connectivity index (χ4n) is 18.6. The third-order valence-electron chi connectivity index (χ3n) is 23.2. The van der Waals surface area contributed by atoms with Crippen molar-refractivity contribution in [3.05, 3.63) is 362 Å². The predicted octanol–water partition coefficient (Wildman–Crippen LogP) is 27.1. The van der Waals surface area contributed by atoms with E-state index in [4.69, 9.17) is 0 Å². The Morgan fingerprint density at radius 3 is 0.912 bits per heavy atom. The van der Waals surface area contributed by atoms with Crippen molar-refractivity contribution in [2.45, 2.75) is 38.5 Å². The highest BCUT2D eigenvalue weighted by atomic mass is 15.0. The van der Waals surface area contributed by atoms with Crippen LogP contribution in [-0.4, -0.2) is 9.13 Å². The molecule has 0 saturated carbocycles. The molecule has 0 N–H and O–H groups in total. The number of fused-ring (bicyclic) bond motifs is 16. The zero-order valence-electron chi connectivity index (χ0n) is 57.2. The normalized spacial score (nSPS) is 13.5. The van der Waals surface area contributed by atoms with Crippen LogP contribution in [0.5, 0.6) is 0 Å². The molecule has 478 valence electrons. The SMILES string of the molecule is CC1(C)c2ccccc2-c2ccc(-c3c4cc5c(-c6ccccc6)c(-c6ccccc6)n(-c6cc7ccccc7c7ccccc67)c5cc4c(-c4ccc5c(c4)C(C)(C)c4ccccc4-5)c4cc5c(-c6ccccc6)c(-c6ccccc6)n(-c6cc7ccccc7c7ccccc67)c5cc34)cc21. The van der Waals surface area contributed by atoms with Crippen molar-refractivity contribution in [3.63, 3.8) is 0 Å². The topological polar surface area (TPSA) is 9.86 Å². The molecule has 0 spiro atoms. The molecule has 2 aromatic heterocycles. The Morgan fingerprint density at radius 1 is 0.196 bits per heavy atom. The van der Waals surface area contributed by atoms with E-state index in [2.05, 4.69) is 377 Å². The second-order valence-electron chi connectivity index (χ2n) is 29.3. The predicted molar refractivity (Wildman–Crippen MR) is 433 cm³/mol. The first kappa shape index (κ1) is 58.4. The number of hydrogen-bond donors (Lipinski definition) is 0. The van der Waals surface area contributed by atoms with Crippen molar-refractivity contribution in [2.24, 2.45) is 0 Å². The van der Waals surface area contributed by atoms with E-state index < -0.39 is 0 Å². The molecule has 2 nitrogen and oxygen atoms in total. The standard InChI is InChI=1S/C100H68N2/c1-99(2)85-47-27-25-43-73(85)75-51-49-67(53-87(75)99)93-79-57-83-92(102(90-56-66-38-18-20-40-70(66)72-42-22-24-46-78(72)90)97(63-33-13-7-14-34-63)95(83)61-29-9-5-10-30-61)60-82(79)94(68-50-52-76-74-44-26-28-48-86(74)100(3,4)88(76)54-68)80-58-84-91(59-81(80)93)101(89-55-65-37-17-19-39-69(65)71-41-21-23-45-77(71)89)98(64-35-15-8-16-36-64)96(84)62-31-11-6-12-32-62/h5-60H,1-4H3. The van der Waals surface area contributed by atoms with Gasteiger partial charge in [0.1, 0.15) is 0 Å². The van der Waals surface area contributed by atoms with Gasteiger partial charge in [-0.15, -0.1) is 0 Å². The maximum atomic E-state index is 2.64. The minimum Gasteiger partial charge on any atom is -0.308 e. The van der Waals surface area contributed by atoms with Gasteiger partial charge < -0.3 is 9.13 Å². The Morgan fingerprint density at radius 2 is 0.510 bits per heavy atom. The van der Waals surface area contributed by atoms with E-state index in [1.807, 2.05) is 0 Å². The van der Waals surface area contributed by atoms with Gasteiger partial charge in [0.15, 0.2) is 0 Å². The minimum atomic E-state index is -0.269. The van der Waals surface area contributed by atoms with Crippen molar-refractivity contribution < 1.29 is 0 Å². The first-order valence-electron chi connectivity index (χ1n) is 35.9. The second kappa shape index (κ2) is 21.9. The first-order chi connectivity index (χ1) is 50.2. The molecule has 102 heavy (non-hydrogen) atoms. The summed E-state index contributed by atoms with van der Waals surface area (Å²) >= 11 is 0. The molecule has 0 amide bonds. The van der Waals surface area contributed by atoms with Gasteiger partial charge in [0.2, 0.25) is 0 Å². The van der Waals surface area contributed by atoms with E-state index in [1.165, 1.54) is 153 Å². The fourth-order valence-corrected chi connectivity index (χ4v) is 18.6. The van der Waals surface area contributed by atoms with E-state index in [0.717, 1.165) is 56.0 Å². The van der Waals surface area contributed by atoms with Gasteiger partial charge in [0, 0.05) is 43.5 Å². The molecule has 19 aromatic rings. The lowest BCUT2D eigenvalue weighted by Crippen LogP contribution is -2.15. The number of benzene rings is 17. The zero-order valence-corrected chi connectivity index (χ0v) is 57.2. The minimum absolute atomic E-state index is 0.269. The summed E-state index contributed by atoms with van der Waals surface area (Å²) in [5, 5.41) is 16.8. The Hall–Kier alpha value is -12.6. The van der Waals surface area contributed by atoms with Crippen LogP contribution >= 0.6 is 0 Å². The Labute approximate surface area is 592 Å². The molecule has 2 heteroatoms. The molecule has 0 saturated heterocycles. The van der Waals surface area contributed by atoms with Crippen molar-refractivity contribution in [1.82, 2.24) is 9.13 Å². The Bertz CT molecular complexity index is 6350. The van der Waals surface area contributed by atoms with Crippen molar-refractivity contribution in [2.75, 3.05) is 0 Å². The zero-order chi connectivity index (χ0) is 67.7. The maximum absolute atomic E-state index is 2.64. The molecule has 0 fully saturated rings. The molecular weight excluding hydrogens is 1230 g/mol. The number of rotatable bonds is 8. The molecule has 0 atom stereocenters. The maximum Gasteiger partial charge on any atom is 0.0619 e. The van der Waals surface area contributed by atoms with Gasteiger partial charge in [0.05, 0.1) is 33.8 Å². The molecule has 0 radical (unpaired) electrons. The summed E-state index contributed by atoms with van der Waals surface area (Å²) in [6, 6.07) is 129. The summed E-state index contributed by atoms with van der Waals surface area (Å²) < 4.78 is 5.28. The summed E-state index contributed by atoms with van der Waals surface area (Å²) in [5.41, 5.74) is 28.7. The highest BCUT2D eigenvalue weighted by Gasteiger charge is 2.38.